The standard InChI is InChI=1S/C18H19ClFNO3S/c1-23-13-5-7-14(8-6-13)24-11-18(22)21-9-10-25-12-15-16(19)3-2-4-17(15)20/h2-8H,9-12H2,1H3,(H,21,22). The fraction of sp³-hybridized carbons (Fsp3) is 0.278. The highest BCUT2D eigenvalue weighted by atomic mass is 35.5. The minimum atomic E-state index is -0.308. The van der Waals surface area contributed by atoms with Gasteiger partial charge in [0.05, 0.1) is 7.11 Å². The Bertz CT molecular complexity index is 677. The Morgan fingerprint density at radius 2 is 1.92 bits per heavy atom. The largest absolute Gasteiger partial charge is 0.497 e. The molecule has 134 valence electrons. The molecule has 7 heteroatoms. The van der Waals surface area contributed by atoms with E-state index < -0.39 is 0 Å². The van der Waals surface area contributed by atoms with Gasteiger partial charge in [0.15, 0.2) is 6.61 Å². The predicted molar refractivity (Wildman–Crippen MR) is 99.1 cm³/mol. The molecule has 0 bridgehead atoms. The summed E-state index contributed by atoms with van der Waals surface area (Å²) in [5, 5.41) is 3.18. The van der Waals surface area contributed by atoms with Crippen LogP contribution in [0, 0.1) is 5.82 Å². The van der Waals surface area contributed by atoms with Crippen LogP contribution >= 0.6 is 23.4 Å². The van der Waals surface area contributed by atoms with Crippen molar-refractivity contribution >= 4 is 29.3 Å². The number of rotatable bonds is 9. The lowest BCUT2D eigenvalue weighted by Crippen LogP contribution is -2.30. The van der Waals surface area contributed by atoms with Crippen molar-refractivity contribution in [3.8, 4) is 11.5 Å². The molecule has 2 aromatic rings. The van der Waals surface area contributed by atoms with E-state index in [4.69, 9.17) is 21.1 Å². The van der Waals surface area contributed by atoms with Crippen LogP contribution in [0.1, 0.15) is 5.56 Å². The maximum atomic E-state index is 13.6. The minimum Gasteiger partial charge on any atom is -0.497 e. The summed E-state index contributed by atoms with van der Waals surface area (Å²) in [7, 11) is 1.58. The summed E-state index contributed by atoms with van der Waals surface area (Å²) in [5.74, 6) is 1.92. The maximum Gasteiger partial charge on any atom is 0.257 e. The molecule has 0 aliphatic rings. The number of methoxy groups -OCH3 is 1. The van der Waals surface area contributed by atoms with Crippen molar-refractivity contribution < 1.29 is 18.7 Å². The molecular weight excluding hydrogens is 365 g/mol. The van der Waals surface area contributed by atoms with Gasteiger partial charge in [-0.15, -0.1) is 0 Å². The first-order valence-corrected chi connectivity index (χ1v) is 9.17. The van der Waals surface area contributed by atoms with Crippen LogP contribution in [0.5, 0.6) is 11.5 Å². The number of carbonyl (C=O) groups excluding carboxylic acids is 1. The van der Waals surface area contributed by atoms with Crippen molar-refractivity contribution in [1.82, 2.24) is 5.32 Å². The summed E-state index contributed by atoms with van der Waals surface area (Å²) in [4.78, 5) is 11.7. The molecule has 4 nitrogen and oxygen atoms in total. The Hall–Kier alpha value is -1.92. The number of ether oxygens (including phenoxy) is 2. The molecule has 1 N–H and O–H groups in total. The minimum absolute atomic E-state index is 0.0594. The quantitative estimate of drug-likeness (QED) is 0.667. The molecule has 0 radical (unpaired) electrons. The molecule has 0 heterocycles. The van der Waals surface area contributed by atoms with E-state index in [2.05, 4.69) is 5.32 Å². The van der Waals surface area contributed by atoms with Crippen LogP contribution < -0.4 is 14.8 Å². The number of hydrogen-bond donors (Lipinski definition) is 1. The maximum absolute atomic E-state index is 13.6. The lowest BCUT2D eigenvalue weighted by molar-refractivity contribution is -0.122. The summed E-state index contributed by atoms with van der Waals surface area (Å²) in [5.41, 5.74) is 0.489. The number of carbonyl (C=O) groups is 1. The van der Waals surface area contributed by atoms with Crippen molar-refractivity contribution in [2.75, 3.05) is 26.0 Å². The Morgan fingerprint density at radius 3 is 2.60 bits per heavy atom. The number of nitrogens with one attached hydrogen (secondary N) is 1. The van der Waals surface area contributed by atoms with Crippen LogP contribution in [-0.4, -0.2) is 31.9 Å². The van der Waals surface area contributed by atoms with Gasteiger partial charge in [-0.25, -0.2) is 4.39 Å². The molecule has 0 aliphatic heterocycles. The SMILES string of the molecule is COc1ccc(OCC(=O)NCCSCc2c(F)cccc2Cl)cc1. The van der Waals surface area contributed by atoms with Gasteiger partial charge < -0.3 is 14.8 Å². The first-order valence-electron chi connectivity index (χ1n) is 7.64. The first kappa shape index (κ1) is 19.4. The Balaban J connectivity index is 1.62. The molecule has 2 aromatic carbocycles. The van der Waals surface area contributed by atoms with Crippen molar-refractivity contribution in [1.29, 1.82) is 0 Å². The van der Waals surface area contributed by atoms with E-state index in [1.54, 1.807) is 43.5 Å². The lowest BCUT2D eigenvalue weighted by Gasteiger charge is -2.09. The second-order valence-corrected chi connectivity index (χ2v) is 6.58. The fourth-order valence-corrected chi connectivity index (χ4v) is 3.18. The van der Waals surface area contributed by atoms with Crippen molar-refractivity contribution in [2.45, 2.75) is 5.75 Å². The number of halogens is 2. The summed E-state index contributed by atoms with van der Waals surface area (Å²) in [6.07, 6.45) is 0. The van der Waals surface area contributed by atoms with Crippen LogP contribution in [0.25, 0.3) is 0 Å². The van der Waals surface area contributed by atoms with E-state index in [1.807, 2.05) is 0 Å². The lowest BCUT2D eigenvalue weighted by atomic mass is 10.2. The van der Waals surface area contributed by atoms with Crippen LogP contribution in [-0.2, 0) is 10.5 Å². The molecule has 0 fully saturated rings. The van der Waals surface area contributed by atoms with Gasteiger partial charge in [-0.05, 0) is 36.4 Å². The Kier molecular flexibility index (Phi) is 7.88. The number of amides is 1. The van der Waals surface area contributed by atoms with Crippen LogP contribution in [0.3, 0.4) is 0 Å². The van der Waals surface area contributed by atoms with Crippen LogP contribution in [0.2, 0.25) is 5.02 Å². The zero-order valence-corrected chi connectivity index (χ0v) is 15.3. The molecule has 25 heavy (non-hydrogen) atoms. The smallest absolute Gasteiger partial charge is 0.257 e. The van der Waals surface area contributed by atoms with Crippen molar-refractivity contribution in [3.63, 3.8) is 0 Å². The highest BCUT2D eigenvalue weighted by Gasteiger charge is 2.07. The Labute approximate surface area is 155 Å². The average molecular weight is 384 g/mol. The summed E-state index contributed by atoms with van der Waals surface area (Å²) < 4.78 is 24.0. The Morgan fingerprint density at radius 1 is 1.20 bits per heavy atom. The van der Waals surface area contributed by atoms with Gasteiger partial charge in [-0.3, -0.25) is 4.79 Å². The molecule has 0 aromatic heterocycles. The van der Waals surface area contributed by atoms with Gasteiger partial charge in [-0.1, -0.05) is 17.7 Å². The molecule has 2 rings (SSSR count). The van der Waals surface area contributed by atoms with Gasteiger partial charge in [0.2, 0.25) is 0 Å². The van der Waals surface area contributed by atoms with E-state index >= 15 is 0 Å². The highest BCUT2D eigenvalue weighted by molar-refractivity contribution is 7.98. The molecule has 0 aliphatic carbocycles. The van der Waals surface area contributed by atoms with Crippen LogP contribution in [0.15, 0.2) is 42.5 Å². The molecule has 0 unspecified atom stereocenters. The van der Waals surface area contributed by atoms with Crippen LogP contribution in [0.4, 0.5) is 4.39 Å². The average Bonchev–Trinajstić information content (AvgIpc) is 2.62. The summed E-state index contributed by atoms with van der Waals surface area (Å²) >= 11 is 7.47. The topological polar surface area (TPSA) is 47.6 Å². The number of benzene rings is 2. The second-order valence-electron chi connectivity index (χ2n) is 5.07. The van der Waals surface area contributed by atoms with Gasteiger partial charge in [0.25, 0.3) is 5.91 Å². The normalized spacial score (nSPS) is 10.4. The van der Waals surface area contributed by atoms with E-state index in [9.17, 15) is 9.18 Å². The van der Waals surface area contributed by atoms with E-state index in [0.717, 1.165) is 5.75 Å². The van der Waals surface area contributed by atoms with E-state index in [-0.39, 0.29) is 18.3 Å². The van der Waals surface area contributed by atoms with Gasteiger partial charge >= 0.3 is 0 Å². The number of thioether (sulfide) groups is 1. The van der Waals surface area contributed by atoms with Gasteiger partial charge in [-0.2, -0.15) is 11.8 Å². The number of hydrogen-bond acceptors (Lipinski definition) is 4. The summed E-state index contributed by atoms with van der Waals surface area (Å²) in [6, 6.07) is 11.6. The van der Waals surface area contributed by atoms with E-state index in [1.165, 1.54) is 17.8 Å². The second kappa shape index (κ2) is 10.2. The zero-order chi connectivity index (χ0) is 18.1. The van der Waals surface area contributed by atoms with Crippen molar-refractivity contribution in [2.24, 2.45) is 0 Å². The molecule has 0 spiro atoms. The molecule has 1 amide bonds. The highest BCUT2D eigenvalue weighted by Crippen LogP contribution is 2.23. The van der Waals surface area contributed by atoms with Gasteiger partial charge in [0.1, 0.15) is 17.3 Å². The van der Waals surface area contributed by atoms with Gasteiger partial charge in [0, 0.05) is 28.6 Å². The van der Waals surface area contributed by atoms with E-state index in [0.29, 0.717) is 34.4 Å². The third-order valence-corrected chi connectivity index (χ3v) is 4.65. The third kappa shape index (κ3) is 6.48. The molecule has 0 atom stereocenters. The molecule has 0 saturated carbocycles. The molecular formula is C18H19ClFNO3S. The fourth-order valence-electron chi connectivity index (χ4n) is 1.98. The summed E-state index contributed by atoms with van der Waals surface area (Å²) in [6.45, 7) is 0.414. The third-order valence-electron chi connectivity index (χ3n) is 3.31. The zero-order valence-electron chi connectivity index (χ0n) is 13.8. The predicted octanol–water partition coefficient (Wildman–Crippen LogP) is 3.92. The molecule has 0 saturated heterocycles. The van der Waals surface area contributed by atoms with Crippen molar-refractivity contribution in [3.05, 3.63) is 58.9 Å². The first-order chi connectivity index (χ1) is 12.1. The monoisotopic (exact) mass is 383 g/mol.